The molecule has 5 nitrogen and oxygen atoms in total. The molecule has 1 aromatic heterocycles. The molecule has 1 amide bonds. The molecule has 1 aromatic rings. The molecular weight excluding hydrogens is 284 g/mol. The number of hydrogen-bond donors (Lipinski definition) is 0. The second kappa shape index (κ2) is 5.64. The molecule has 1 saturated heterocycles. The third-order valence-electron chi connectivity index (χ3n) is 2.99. The molecule has 0 spiro atoms. The standard InChI is InChI=1S/C11H17BrN4O/c1-14-4-2-10(13-14)11(17)16-8-6-15(5-3-12)7-9-16/h2,4H,3,5-9H2,1H3. The molecule has 0 N–H and O–H groups in total. The maximum absolute atomic E-state index is 12.1. The van der Waals surface area contributed by atoms with Crippen LogP contribution in [-0.2, 0) is 7.05 Å². The summed E-state index contributed by atoms with van der Waals surface area (Å²) in [7, 11) is 1.82. The van der Waals surface area contributed by atoms with Crippen LogP contribution in [0.4, 0.5) is 0 Å². The van der Waals surface area contributed by atoms with Crippen molar-refractivity contribution in [2.45, 2.75) is 0 Å². The molecule has 1 aliphatic heterocycles. The van der Waals surface area contributed by atoms with Gasteiger partial charge >= 0.3 is 0 Å². The molecule has 2 rings (SSSR count). The molecule has 2 heterocycles. The summed E-state index contributed by atoms with van der Waals surface area (Å²) in [5.41, 5.74) is 0.543. The molecule has 0 bridgehead atoms. The number of piperazine rings is 1. The van der Waals surface area contributed by atoms with Gasteiger partial charge in [-0.1, -0.05) is 15.9 Å². The first kappa shape index (κ1) is 12.6. The number of carbonyl (C=O) groups excluding carboxylic acids is 1. The van der Waals surface area contributed by atoms with Gasteiger partial charge in [0, 0.05) is 51.3 Å². The van der Waals surface area contributed by atoms with Crippen molar-refractivity contribution in [2.75, 3.05) is 38.1 Å². The normalized spacial score (nSPS) is 17.4. The van der Waals surface area contributed by atoms with E-state index in [9.17, 15) is 4.79 Å². The van der Waals surface area contributed by atoms with Gasteiger partial charge < -0.3 is 4.90 Å². The van der Waals surface area contributed by atoms with Crippen LogP contribution in [0, 0.1) is 0 Å². The van der Waals surface area contributed by atoms with Crippen molar-refractivity contribution < 1.29 is 4.79 Å². The van der Waals surface area contributed by atoms with Crippen LogP contribution in [0.1, 0.15) is 10.5 Å². The Bertz CT molecular complexity index is 385. The first-order chi connectivity index (χ1) is 8.20. The third-order valence-corrected chi connectivity index (χ3v) is 3.35. The largest absolute Gasteiger partial charge is 0.335 e. The third kappa shape index (κ3) is 3.07. The monoisotopic (exact) mass is 300 g/mol. The van der Waals surface area contributed by atoms with Crippen molar-refractivity contribution in [3.05, 3.63) is 18.0 Å². The number of carbonyl (C=O) groups is 1. The Hall–Kier alpha value is -0.880. The molecule has 94 valence electrons. The van der Waals surface area contributed by atoms with Crippen LogP contribution in [-0.4, -0.2) is 63.5 Å². The van der Waals surface area contributed by atoms with Crippen molar-refractivity contribution in [3.63, 3.8) is 0 Å². The minimum absolute atomic E-state index is 0.0455. The van der Waals surface area contributed by atoms with Gasteiger partial charge in [0.25, 0.3) is 5.91 Å². The molecule has 17 heavy (non-hydrogen) atoms. The van der Waals surface area contributed by atoms with Gasteiger partial charge in [0.1, 0.15) is 5.69 Å². The Morgan fingerprint density at radius 2 is 2.12 bits per heavy atom. The van der Waals surface area contributed by atoms with E-state index in [1.165, 1.54) is 0 Å². The Balaban J connectivity index is 1.90. The van der Waals surface area contributed by atoms with Crippen LogP contribution >= 0.6 is 15.9 Å². The van der Waals surface area contributed by atoms with Crippen LogP contribution < -0.4 is 0 Å². The number of aromatic nitrogens is 2. The number of aryl methyl sites for hydroxylation is 1. The lowest BCUT2D eigenvalue weighted by Crippen LogP contribution is -2.49. The second-order valence-corrected chi connectivity index (χ2v) is 4.99. The lowest BCUT2D eigenvalue weighted by atomic mass is 10.3. The Morgan fingerprint density at radius 3 is 2.65 bits per heavy atom. The molecule has 0 radical (unpaired) electrons. The van der Waals surface area contributed by atoms with E-state index in [0.29, 0.717) is 5.69 Å². The fraction of sp³-hybridized carbons (Fsp3) is 0.636. The first-order valence-electron chi connectivity index (χ1n) is 5.78. The molecule has 0 saturated carbocycles. The van der Waals surface area contributed by atoms with Gasteiger partial charge in [-0.05, 0) is 6.07 Å². The predicted octanol–water partition coefficient (Wildman–Crippen LogP) is 0.573. The molecule has 1 fully saturated rings. The van der Waals surface area contributed by atoms with Gasteiger partial charge in [-0.25, -0.2) is 0 Å². The smallest absolute Gasteiger partial charge is 0.274 e. The lowest BCUT2D eigenvalue weighted by molar-refractivity contribution is 0.0638. The van der Waals surface area contributed by atoms with Gasteiger partial charge in [-0.15, -0.1) is 0 Å². The highest BCUT2D eigenvalue weighted by atomic mass is 79.9. The Morgan fingerprint density at radius 1 is 1.41 bits per heavy atom. The maximum Gasteiger partial charge on any atom is 0.274 e. The number of alkyl halides is 1. The maximum atomic E-state index is 12.1. The van der Waals surface area contributed by atoms with Crippen LogP contribution in [0.25, 0.3) is 0 Å². The number of hydrogen-bond acceptors (Lipinski definition) is 3. The highest BCUT2D eigenvalue weighted by Crippen LogP contribution is 2.07. The van der Waals surface area contributed by atoms with Gasteiger partial charge in [0.15, 0.2) is 0 Å². The molecule has 0 aliphatic carbocycles. The zero-order valence-electron chi connectivity index (χ0n) is 9.97. The summed E-state index contributed by atoms with van der Waals surface area (Å²) < 4.78 is 1.66. The Labute approximate surface area is 110 Å². The zero-order valence-corrected chi connectivity index (χ0v) is 11.6. The van der Waals surface area contributed by atoms with E-state index in [2.05, 4.69) is 25.9 Å². The number of nitrogens with zero attached hydrogens (tertiary/aromatic N) is 4. The quantitative estimate of drug-likeness (QED) is 0.767. The van der Waals surface area contributed by atoms with Gasteiger partial charge in [-0.2, -0.15) is 5.10 Å². The lowest BCUT2D eigenvalue weighted by Gasteiger charge is -2.34. The van der Waals surface area contributed by atoms with Crippen LogP contribution in [0.2, 0.25) is 0 Å². The summed E-state index contributed by atoms with van der Waals surface area (Å²) in [4.78, 5) is 16.3. The number of amides is 1. The molecule has 0 unspecified atom stereocenters. The summed E-state index contributed by atoms with van der Waals surface area (Å²) in [6.07, 6.45) is 1.80. The highest BCUT2D eigenvalue weighted by Gasteiger charge is 2.22. The first-order valence-corrected chi connectivity index (χ1v) is 6.90. The number of halogens is 1. The summed E-state index contributed by atoms with van der Waals surface area (Å²) in [6, 6.07) is 1.77. The average Bonchev–Trinajstić information content (AvgIpc) is 2.76. The molecule has 6 heteroatoms. The van der Waals surface area contributed by atoms with E-state index in [4.69, 9.17) is 0 Å². The summed E-state index contributed by atoms with van der Waals surface area (Å²) in [5.74, 6) is 0.0455. The summed E-state index contributed by atoms with van der Waals surface area (Å²) >= 11 is 3.43. The number of rotatable bonds is 3. The fourth-order valence-corrected chi connectivity index (χ4v) is 2.49. The molecule has 0 aromatic carbocycles. The zero-order chi connectivity index (χ0) is 12.3. The average molecular weight is 301 g/mol. The van der Waals surface area contributed by atoms with Crippen LogP contribution in [0.3, 0.4) is 0 Å². The van der Waals surface area contributed by atoms with Crippen molar-refractivity contribution in [1.29, 1.82) is 0 Å². The minimum atomic E-state index is 0.0455. The van der Waals surface area contributed by atoms with Gasteiger partial charge in [-0.3, -0.25) is 14.4 Å². The van der Waals surface area contributed by atoms with E-state index < -0.39 is 0 Å². The van der Waals surface area contributed by atoms with E-state index in [-0.39, 0.29) is 5.91 Å². The van der Waals surface area contributed by atoms with Crippen molar-refractivity contribution in [2.24, 2.45) is 7.05 Å². The van der Waals surface area contributed by atoms with E-state index in [1.807, 2.05) is 11.9 Å². The molecular formula is C11H17BrN4O. The highest BCUT2D eigenvalue weighted by molar-refractivity contribution is 9.09. The molecule has 0 atom stereocenters. The van der Waals surface area contributed by atoms with E-state index in [0.717, 1.165) is 38.1 Å². The van der Waals surface area contributed by atoms with Gasteiger partial charge in [0.05, 0.1) is 0 Å². The van der Waals surface area contributed by atoms with Crippen molar-refractivity contribution >= 4 is 21.8 Å². The fourth-order valence-electron chi connectivity index (χ4n) is 1.99. The Kier molecular flexibility index (Phi) is 4.17. The van der Waals surface area contributed by atoms with Crippen LogP contribution in [0.15, 0.2) is 12.3 Å². The minimum Gasteiger partial charge on any atom is -0.335 e. The molecule has 1 aliphatic rings. The van der Waals surface area contributed by atoms with E-state index >= 15 is 0 Å². The second-order valence-electron chi connectivity index (χ2n) is 4.20. The summed E-state index contributed by atoms with van der Waals surface area (Å²) in [6.45, 7) is 4.53. The summed E-state index contributed by atoms with van der Waals surface area (Å²) in [5, 5.41) is 5.13. The van der Waals surface area contributed by atoms with Crippen molar-refractivity contribution in [3.8, 4) is 0 Å². The van der Waals surface area contributed by atoms with Crippen LogP contribution in [0.5, 0.6) is 0 Å². The van der Waals surface area contributed by atoms with E-state index in [1.54, 1.807) is 16.9 Å². The SMILES string of the molecule is Cn1ccc(C(=O)N2CCN(CCBr)CC2)n1. The topological polar surface area (TPSA) is 41.4 Å². The predicted molar refractivity (Wildman–Crippen MR) is 69.3 cm³/mol. The van der Waals surface area contributed by atoms with Gasteiger partial charge in [0.2, 0.25) is 0 Å². The van der Waals surface area contributed by atoms with Crippen molar-refractivity contribution in [1.82, 2.24) is 19.6 Å².